The van der Waals surface area contributed by atoms with Gasteiger partial charge in [0.25, 0.3) is 0 Å². The molecule has 2 amide bonds. The summed E-state index contributed by atoms with van der Waals surface area (Å²) in [5.74, 6) is -0.565. The van der Waals surface area contributed by atoms with E-state index >= 15 is 0 Å². The van der Waals surface area contributed by atoms with Crippen LogP contribution in [0.2, 0.25) is 0 Å². The van der Waals surface area contributed by atoms with E-state index in [2.05, 4.69) is 0 Å². The van der Waals surface area contributed by atoms with E-state index < -0.39 is 0 Å². The lowest BCUT2D eigenvalue weighted by Crippen LogP contribution is -2.45. The van der Waals surface area contributed by atoms with Gasteiger partial charge in [0.15, 0.2) is 0 Å². The van der Waals surface area contributed by atoms with E-state index in [1.54, 1.807) is 4.90 Å². The van der Waals surface area contributed by atoms with E-state index in [0.717, 1.165) is 12.8 Å². The third kappa shape index (κ3) is 3.98. The zero-order valence-electron chi connectivity index (χ0n) is 10.2. The smallest absolute Gasteiger partial charge is 0.225 e. The Labute approximate surface area is 101 Å². The van der Waals surface area contributed by atoms with Crippen LogP contribution in [0, 0.1) is 5.92 Å². The molecule has 0 bridgehead atoms. The van der Waals surface area contributed by atoms with Gasteiger partial charge in [0.2, 0.25) is 11.8 Å². The second-order valence-electron chi connectivity index (χ2n) is 4.38. The van der Waals surface area contributed by atoms with Crippen molar-refractivity contribution in [3.8, 4) is 0 Å². The van der Waals surface area contributed by atoms with Crippen LogP contribution < -0.4 is 11.5 Å². The Morgan fingerprint density at radius 2 is 2.24 bits per heavy atom. The van der Waals surface area contributed by atoms with Crippen molar-refractivity contribution in [2.45, 2.75) is 25.4 Å². The number of methoxy groups -OCH3 is 1. The Balaban J connectivity index is 2.48. The minimum atomic E-state index is -0.329. The lowest BCUT2D eigenvalue weighted by Gasteiger charge is -2.32. The number of carbonyl (C=O) groups excluding carboxylic acids is 2. The molecule has 0 aliphatic carbocycles. The van der Waals surface area contributed by atoms with Gasteiger partial charge in [-0.1, -0.05) is 0 Å². The molecule has 0 aromatic carbocycles. The normalized spacial score (nSPS) is 22.2. The topological polar surface area (TPSA) is 98.7 Å². The van der Waals surface area contributed by atoms with Gasteiger partial charge in [-0.05, 0) is 12.8 Å². The van der Waals surface area contributed by atoms with Crippen LogP contribution in [0.4, 0.5) is 0 Å². The van der Waals surface area contributed by atoms with Crippen molar-refractivity contribution in [3.63, 3.8) is 0 Å². The maximum absolute atomic E-state index is 11.9. The minimum Gasteiger partial charge on any atom is -0.380 e. The molecular weight excluding hydrogens is 222 g/mol. The van der Waals surface area contributed by atoms with Crippen LogP contribution >= 0.6 is 0 Å². The summed E-state index contributed by atoms with van der Waals surface area (Å²) >= 11 is 0. The third-order valence-electron chi connectivity index (χ3n) is 3.17. The Morgan fingerprint density at radius 3 is 2.76 bits per heavy atom. The van der Waals surface area contributed by atoms with Crippen LogP contribution in [0.15, 0.2) is 0 Å². The first-order valence-electron chi connectivity index (χ1n) is 5.88. The molecule has 1 fully saturated rings. The monoisotopic (exact) mass is 243 g/mol. The Kier molecular flexibility index (Phi) is 5.37. The largest absolute Gasteiger partial charge is 0.380 e. The fourth-order valence-corrected chi connectivity index (χ4v) is 2.02. The molecule has 98 valence electrons. The summed E-state index contributed by atoms with van der Waals surface area (Å²) in [6.45, 7) is 1.42. The Bertz CT molecular complexity index is 279. The zero-order chi connectivity index (χ0) is 12.8. The van der Waals surface area contributed by atoms with Gasteiger partial charge in [0.1, 0.15) is 0 Å². The predicted octanol–water partition coefficient (Wildman–Crippen LogP) is -0.926. The Hall–Kier alpha value is -1.14. The zero-order valence-corrected chi connectivity index (χ0v) is 10.2. The standard InChI is InChI=1S/C11H21N3O3/c1-17-9(6-12)5-10(15)14-4-2-3-8(7-14)11(13)16/h8-9H,2-7,12H2,1H3,(H2,13,16). The summed E-state index contributed by atoms with van der Waals surface area (Å²) in [5, 5.41) is 0. The fraction of sp³-hybridized carbons (Fsp3) is 0.818. The summed E-state index contributed by atoms with van der Waals surface area (Å²) in [7, 11) is 1.53. The summed E-state index contributed by atoms with van der Waals surface area (Å²) in [6.07, 6.45) is 1.60. The van der Waals surface area contributed by atoms with Gasteiger partial charge in [-0.2, -0.15) is 0 Å². The molecule has 0 spiro atoms. The highest BCUT2D eigenvalue weighted by Crippen LogP contribution is 2.17. The molecule has 0 aromatic heterocycles. The highest BCUT2D eigenvalue weighted by atomic mass is 16.5. The maximum Gasteiger partial charge on any atom is 0.225 e. The number of hydrogen-bond acceptors (Lipinski definition) is 4. The third-order valence-corrected chi connectivity index (χ3v) is 3.17. The highest BCUT2D eigenvalue weighted by molar-refractivity contribution is 5.80. The van der Waals surface area contributed by atoms with Gasteiger partial charge < -0.3 is 21.1 Å². The van der Waals surface area contributed by atoms with Gasteiger partial charge in [-0.3, -0.25) is 9.59 Å². The molecule has 17 heavy (non-hydrogen) atoms. The first-order chi connectivity index (χ1) is 8.08. The average Bonchev–Trinajstić information content (AvgIpc) is 2.35. The van der Waals surface area contributed by atoms with Crippen molar-refractivity contribution in [3.05, 3.63) is 0 Å². The van der Waals surface area contributed by atoms with Crippen LogP contribution in [-0.2, 0) is 14.3 Å². The molecule has 4 N–H and O–H groups in total. The van der Waals surface area contributed by atoms with Crippen LogP contribution in [0.3, 0.4) is 0 Å². The molecular formula is C11H21N3O3. The number of likely N-dealkylation sites (tertiary alicyclic amines) is 1. The van der Waals surface area contributed by atoms with Crippen molar-refractivity contribution in [2.75, 3.05) is 26.7 Å². The van der Waals surface area contributed by atoms with Gasteiger partial charge >= 0.3 is 0 Å². The van der Waals surface area contributed by atoms with Crippen molar-refractivity contribution in [2.24, 2.45) is 17.4 Å². The molecule has 6 heteroatoms. The number of ether oxygens (including phenoxy) is 1. The van der Waals surface area contributed by atoms with Crippen LogP contribution in [0.25, 0.3) is 0 Å². The molecule has 1 aliphatic rings. The molecule has 2 unspecified atom stereocenters. The van der Waals surface area contributed by atoms with Crippen molar-refractivity contribution >= 4 is 11.8 Å². The fourth-order valence-electron chi connectivity index (χ4n) is 2.02. The lowest BCUT2D eigenvalue weighted by molar-refractivity contribution is -0.137. The van der Waals surface area contributed by atoms with E-state index in [1.807, 2.05) is 0 Å². The summed E-state index contributed by atoms with van der Waals surface area (Å²) < 4.78 is 5.07. The van der Waals surface area contributed by atoms with E-state index in [-0.39, 0.29) is 30.3 Å². The molecule has 6 nitrogen and oxygen atoms in total. The molecule has 0 aromatic rings. The number of primary amides is 1. The van der Waals surface area contributed by atoms with E-state index in [4.69, 9.17) is 16.2 Å². The summed E-state index contributed by atoms with van der Waals surface area (Å²) in [4.78, 5) is 24.7. The lowest BCUT2D eigenvalue weighted by atomic mass is 9.97. The molecule has 0 saturated carbocycles. The van der Waals surface area contributed by atoms with Crippen molar-refractivity contribution < 1.29 is 14.3 Å². The SMILES string of the molecule is COC(CN)CC(=O)N1CCCC(C(N)=O)C1. The van der Waals surface area contributed by atoms with Gasteiger partial charge in [-0.25, -0.2) is 0 Å². The van der Waals surface area contributed by atoms with E-state index in [1.165, 1.54) is 7.11 Å². The number of piperidine rings is 1. The molecule has 2 atom stereocenters. The number of carbonyl (C=O) groups is 2. The second kappa shape index (κ2) is 6.56. The number of hydrogen-bond donors (Lipinski definition) is 2. The number of rotatable bonds is 5. The molecule has 1 saturated heterocycles. The van der Waals surface area contributed by atoms with Crippen LogP contribution in [-0.4, -0.2) is 49.6 Å². The summed E-state index contributed by atoms with van der Waals surface area (Å²) in [6, 6.07) is 0. The van der Waals surface area contributed by atoms with Gasteiger partial charge in [0, 0.05) is 26.7 Å². The van der Waals surface area contributed by atoms with Crippen molar-refractivity contribution in [1.82, 2.24) is 4.90 Å². The second-order valence-corrected chi connectivity index (χ2v) is 4.38. The quantitative estimate of drug-likeness (QED) is 0.652. The van der Waals surface area contributed by atoms with E-state index in [0.29, 0.717) is 19.6 Å². The molecule has 1 heterocycles. The average molecular weight is 243 g/mol. The van der Waals surface area contributed by atoms with E-state index in [9.17, 15) is 9.59 Å². The van der Waals surface area contributed by atoms with Crippen molar-refractivity contribution in [1.29, 1.82) is 0 Å². The van der Waals surface area contributed by atoms with Crippen LogP contribution in [0.5, 0.6) is 0 Å². The minimum absolute atomic E-state index is 0.0201. The molecule has 1 rings (SSSR count). The van der Waals surface area contributed by atoms with Gasteiger partial charge in [0.05, 0.1) is 18.4 Å². The maximum atomic E-state index is 11.9. The predicted molar refractivity (Wildman–Crippen MR) is 63.0 cm³/mol. The summed E-state index contributed by atoms with van der Waals surface area (Å²) in [5.41, 5.74) is 10.7. The first kappa shape index (κ1) is 13.9. The molecule has 0 radical (unpaired) electrons. The van der Waals surface area contributed by atoms with Crippen LogP contribution in [0.1, 0.15) is 19.3 Å². The number of nitrogens with zero attached hydrogens (tertiary/aromatic N) is 1. The number of nitrogens with two attached hydrogens (primary N) is 2. The Morgan fingerprint density at radius 1 is 1.53 bits per heavy atom. The highest BCUT2D eigenvalue weighted by Gasteiger charge is 2.27. The number of amides is 2. The van der Waals surface area contributed by atoms with Gasteiger partial charge in [-0.15, -0.1) is 0 Å². The first-order valence-corrected chi connectivity index (χ1v) is 5.88. The molecule has 1 aliphatic heterocycles.